The van der Waals surface area contributed by atoms with Gasteiger partial charge in [-0.05, 0) is 13.0 Å². The van der Waals surface area contributed by atoms with Crippen molar-refractivity contribution >= 4 is 5.91 Å². The highest BCUT2D eigenvalue weighted by Crippen LogP contribution is 2.24. The highest BCUT2D eigenvalue weighted by Gasteiger charge is 2.11. The number of carbonyl (C=O) groups is 1. The maximum absolute atomic E-state index is 13.1. The van der Waals surface area contributed by atoms with E-state index in [9.17, 15) is 9.18 Å². The molecular formula is C13H15FN2O2. The van der Waals surface area contributed by atoms with E-state index in [2.05, 4.69) is 11.2 Å². The molecule has 1 unspecified atom stereocenters. The second-order valence-corrected chi connectivity index (χ2v) is 3.74. The summed E-state index contributed by atoms with van der Waals surface area (Å²) in [5.74, 6) is 1.72. The van der Waals surface area contributed by atoms with E-state index in [-0.39, 0.29) is 30.9 Å². The van der Waals surface area contributed by atoms with Crippen molar-refractivity contribution < 1.29 is 13.9 Å². The Balaban J connectivity index is 2.69. The lowest BCUT2D eigenvalue weighted by Crippen LogP contribution is -2.29. The molecule has 4 nitrogen and oxygen atoms in total. The van der Waals surface area contributed by atoms with Crippen LogP contribution in [0.15, 0.2) is 18.2 Å². The molecule has 3 N–H and O–H groups in total. The molecule has 1 rings (SSSR count). The molecule has 0 heterocycles. The highest BCUT2D eigenvalue weighted by atomic mass is 19.1. The normalized spacial score (nSPS) is 11.4. The van der Waals surface area contributed by atoms with Crippen molar-refractivity contribution in [1.82, 2.24) is 5.32 Å². The van der Waals surface area contributed by atoms with E-state index < -0.39 is 5.82 Å². The zero-order valence-corrected chi connectivity index (χ0v) is 10.1. The van der Waals surface area contributed by atoms with Gasteiger partial charge in [-0.1, -0.05) is 12.0 Å². The van der Waals surface area contributed by atoms with Crippen molar-refractivity contribution in [2.45, 2.75) is 13.0 Å². The maximum Gasteiger partial charge on any atom is 0.258 e. The van der Waals surface area contributed by atoms with Gasteiger partial charge in [0.1, 0.15) is 11.6 Å². The minimum absolute atomic E-state index is 0.130. The van der Waals surface area contributed by atoms with Gasteiger partial charge < -0.3 is 15.8 Å². The summed E-state index contributed by atoms with van der Waals surface area (Å²) < 4.78 is 18.3. The molecule has 96 valence electrons. The van der Waals surface area contributed by atoms with Crippen LogP contribution in [0.3, 0.4) is 0 Å². The van der Waals surface area contributed by atoms with Crippen molar-refractivity contribution in [3.63, 3.8) is 0 Å². The average molecular weight is 250 g/mol. The fraction of sp³-hybridized carbons (Fsp3) is 0.308. The van der Waals surface area contributed by atoms with Crippen LogP contribution in [0.4, 0.5) is 4.39 Å². The molecule has 0 saturated carbocycles. The summed E-state index contributed by atoms with van der Waals surface area (Å²) in [5.41, 5.74) is 6.36. The predicted octanol–water partition coefficient (Wildman–Crippen LogP) is 0.974. The minimum Gasteiger partial charge on any atom is -0.483 e. The fourth-order valence-corrected chi connectivity index (χ4v) is 1.35. The Labute approximate surface area is 105 Å². The molecule has 0 bridgehead atoms. The van der Waals surface area contributed by atoms with Crippen LogP contribution in [-0.2, 0) is 4.79 Å². The van der Waals surface area contributed by atoms with Gasteiger partial charge in [-0.15, -0.1) is 6.42 Å². The number of carbonyl (C=O) groups excluding carboxylic acids is 1. The van der Waals surface area contributed by atoms with E-state index in [1.807, 2.05) is 0 Å². The first-order valence-electron chi connectivity index (χ1n) is 5.42. The monoisotopic (exact) mass is 250 g/mol. The third-order valence-electron chi connectivity index (χ3n) is 2.21. The molecule has 0 saturated heterocycles. The van der Waals surface area contributed by atoms with Crippen molar-refractivity contribution in [3.8, 4) is 18.1 Å². The molecule has 1 aromatic rings. The lowest BCUT2D eigenvalue weighted by molar-refractivity contribution is -0.122. The van der Waals surface area contributed by atoms with Gasteiger partial charge >= 0.3 is 0 Å². The van der Waals surface area contributed by atoms with Gasteiger partial charge in [0.25, 0.3) is 5.91 Å². The Hall–Kier alpha value is -2.06. The molecule has 1 atom stereocenters. The first kappa shape index (κ1) is 14.0. The molecule has 1 amide bonds. The topological polar surface area (TPSA) is 64.3 Å². The van der Waals surface area contributed by atoms with E-state index in [0.717, 1.165) is 0 Å². The smallest absolute Gasteiger partial charge is 0.258 e. The van der Waals surface area contributed by atoms with Crippen molar-refractivity contribution in [2.24, 2.45) is 5.73 Å². The van der Waals surface area contributed by atoms with Crippen LogP contribution in [0.5, 0.6) is 5.75 Å². The van der Waals surface area contributed by atoms with Gasteiger partial charge in [0.05, 0.1) is 6.54 Å². The van der Waals surface area contributed by atoms with Gasteiger partial charge in [0, 0.05) is 17.7 Å². The second kappa shape index (κ2) is 6.62. The number of rotatable bonds is 5. The average Bonchev–Trinajstić information content (AvgIpc) is 2.33. The summed E-state index contributed by atoms with van der Waals surface area (Å²) in [6.45, 7) is 1.65. The van der Waals surface area contributed by atoms with Gasteiger partial charge in [0.2, 0.25) is 0 Å². The minimum atomic E-state index is -0.446. The third-order valence-corrected chi connectivity index (χ3v) is 2.21. The SMILES string of the molecule is C#CCNC(=O)COc1cc(F)ccc1C(C)N. The van der Waals surface area contributed by atoms with Crippen LogP contribution in [0.2, 0.25) is 0 Å². The Kier molecular flexibility index (Phi) is 5.15. The zero-order chi connectivity index (χ0) is 13.5. The van der Waals surface area contributed by atoms with E-state index >= 15 is 0 Å². The Morgan fingerprint density at radius 2 is 2.39 bits per heavy atom. The summed E-state index contributed by atoms with van der Waals surface area (Å²) >= 11 is 0. The third kappa shape index (κ3) is 4.07. The zero-order valence-electron chi connectivity index (χ0n) is 10.1. The summed E-state index contributed by atoms with van der Waals surface area (Å²) in [7, 11) is 0. The number of terminal acetylenes is 1. The number of hydrogen-bond donors (Lipinski definition) is 2. The Morgan fingerprint density at radius 3 is 3.00 bits per heavy atom. The number of nitrogens with one attached hydrogen (secondary N) is 1. The summed E-state index contributed by atoms with van der Waals surface area (Å²) in [6, 6.07) is 3.72. The fourth-order valence-electron chi connectivity index (χ4n) is 1.35. The van der Waals surface area contributed by atoms with Crippen molar-refractivity contribution in [3.05, 3.63) is 29.6 Å². The van der Waals surface area contributed by atoms with E-state index in [4.69, 9.17) is 16.9 Å². The maximum atomic E-state index is 13.1. The lowest BCUT2D eigenvalue weighted by Gasteiger charge is -2.13. The molecule has 0 aromatic heterocycles. The first-order valence-corrected chi connectivity index (χ1v) is 5.42. The van der Waals surface area contributed by atoms with Gasteiger partial charge in [-0.2, -0.15) is 0 Å². The van der Waals surface area contributed by atoms with E-state index in [1.165, 1.54) is 18.2 Å². The van der Waals surface area contributed by atoms with Crippen molar-refractivity contribution in [2.75, 3.05) is 13.2 Å². The molecule has 1 aromatic carbocycles. The van der Waals surface area contributed by atoms with Gasteiger partial charge in [0.15, 0.2) is 6.61 Å². The Bertz CT molecular complexity index is 467. The number of hydrogen-bond acceptors (Lipinski definition) is 3. The van der Waals surface area contributed by atoms with Crippen LogP contribution in [0.1, 0.15) is 18.5 Å². The van der Waals surface area contributed by atoms with Crippen molar-refractivity contribution in [1.29, 1.82) is 0 Å². The summed E-state index contributed by atoms with van der Waals surface area (Å²) in [4.78, 5) is 11.3. The van der Waals surface area contributed by atoms with E-state index in [0.29, 0.717) is 5.56 Å². The molecule has 0 aliphatic carbocycles. The largest absolute Gasteiger partial charge is 0.483 e. The van der Waals surface area contributed by atoms with Crippen LogP contribution >= 0.6 is 0 Å². The predicted molar refractivity (Wildman–Crippen MR) is 66.3 cm³/mol. The number of benzene rings is 1. The summed E-state index contributed by atoms with van der Waals surface area (Å²) in [6.07, 6.45) is 5.00. The molecular weight excluding hydrogens is 235 g/mol. The molecule has 5 heteroatoms. The number of nitrogens with two attached hydrogens (primary N) is 1. The van der Waals surface area contributed by atoms with E-state index in [1.54, 1.807) is 6.92 Å². The number of amides is 1. The first-order chi connectivity index (χ1) is 8.54. The Morgan fingerprint density at radius 1 is 1.67 bits per heavy atom. The van der Waals surface area contributed by atoms with Crippen LogP contribution in [-0.4, -0.2) is 19.1 Å². The molecule has 0 spiro atoms. The molecule has 18 heavy (non-hydrogen) atoms. The van der Waals surface area contributed by atoms with Crippen LogP contribution in [0.25, 0.3) is 0 Å². The molecule has 0 aliphatic heterocycles. The second-order valence-electron chi connectivity index (χ2n) is 3.74. The van der Waals surface area contributed by atoms with Gasteiger partial charge in [-0.25, -0.2) is 4.39 Å². The number of ether oxygens (including phenoxy) is 1. The molecule has 0 aliphatic rings. The highest BCUT2D eigenvalue weighted by molar-refractivity contribution is 5.77. The molecule has 0 fully saturated rings. The lowest BCUT2D eigenvalue weighted by atomic mass is 10.1. The number of halogens is 1. The molecule has 0 radical (unpaired) electrons. The van der Waals surface area contributed by atoms with Gasteiger partial charge in [-0.3, -0.25) is 4.79 Å². The summed E-state index contributed by atoms with van der Waals surface area (Å²) in [5, 5.41) is 2.44. The standard InChI is InChI=1S/C13H15FN2O2/c1-3-6-16-13(17)8-18-12-7-10(14)4-5-11(12)9(2)15/h1,4-5,7,9H,6,8,15H2,2H3,(H,16,17). The quantitative estimate of drug-likeness (QED) is 0.765. The van der Waals surface area contributed by atoms with Crippen LogP contribution < -0.4 is 15.8 Å². The van der Waals surface area contributed by atoms with Crippen LogP contribution in [0, 0.1) is 18.2 Å².